The van der Waals surface area contributed by atoms with Gasteiger partial charge < -0.3 is 9.53 Å². The highest BCUT2D eigenvalue weighted by Gasteiger charge is 2.22. The van der Waals surface area contributed by atoms with E-state index in [1.165, 1.54) is 13.0 Å². The van der Waals surface area contributed by atoms with Crippen molar-refractivity contribution in [2.24, 2.45) is 0 Å². The standard InChI is InChI=1S/C6H7BO3/c1-5(8)7-3-2-6(9)10-4-7/h2-3H,4H2,1H3. The van der Waals surface area contributed by atoms with Crippen molar-refractivity contribution in [1.82, 2.24) is 0 Å². The van der Waals surface area contributed by atoms with Gasteiger partial charge in [-0.15, -0.1) is 0 Å². The molecule has 10 heavy (non-hydrogen) atoms. The molecular formula is C6H7BO3. The van der Waals surface area contributed by atoms with E-state index >= 15 is 0 Å². The van der Waals surface area contributed by atoms with Crippen LogP contribution in [0.2, 0.25) is 0 Å². The van der Waals surface area contributed by atoms with Crippen molar-refractivity contribution in [2.45, 2.75) is 6.92 Å². The van der Waals surface area contributed by atoms with Crippen LogP contribution in [0, 0.1) is 0 Å². The van der Waals surface area contributed by atoms with Crippen molar-refractivity contribution in [3.63, 3.8) is 0 Å². The smallest absolute Gasteiger partial charge is 0.328 e. The lowest BCUT2D eigenvalue weighted by Gasteiger charge is -2.09. The van der Waals surface area contributed by atoms with Gasteiger partial charge in [0.1, 0.15) is 0 Å². The molecule has 0 N–H and O–H groups in total. The largest absolute Gasteiger partial charge is 0.470 e. The molecule has 0 aliphatic carbocycles. The number of rotatable bonds is 1. The summed E-state index contributed by atoms with van der Waals surface area (Å²) in [4.78, 5) is 21.1. The van der Waals surface area contributed by atoms with E-state index in [0.717, 1.165) is 0 Å². The highest BCUT2D eigenvalue weighted by atomic mass is 16.5. The average molecular weight is 138 g/mol. The number of ether oxygens (including phenoxy) is 1. The van der Waals surface area contributed by atoms with Crippen molar-refractivity contribution in [3.05, 3.63) is 12.1 Å². The van der Waals surface area contributed by atoms with E-state index in [0.29, 0.717) is 0 Å². The van der Waals surface area contributed by atoms with E-state index < -0.39 is 0 Å². The SMILES string of the molecule is CC(=O)B1C=CC(=O)OC1. The third-order valence-corrected chi connectivity index (χ3v) is 1.39. The molecule has 52 valence electrons. The molecule has 0 unspecified atom stereocenters. The summed E-state index contributed by atoms with van der Waals surface area (Å²) >= 11 is 0. The van der Waals surface area contributed by atoms with Gasteiger partial charge in [-0.25, -0.2) is 4.79 Å². The highest BCUT2D eigenvalue weighted by molar-refractivity contribution is 6.93. The van der Waals surface area contributed by atoms with Gasteiger partial charge in [0.25, 0.3) is 6.71 Å². The van der Waals surface area contributed by atoms with E-state index in [9.17, 15) is 9.59 Å². The molecule has 0 atom stereocenters. The zero-order chi connectivity index (χ0) is 7.56. The Kier molecular flexibility index (Phi) is 1.90. The molecule has 1 aliphatic heterocycles. The summed E-state index contributed by atoms with van der Waals surface area (Å²) in [7, 11) is 0. The minimum absolute atomic E-state index is 0.0313. The summed E-state index contributed by atoms with van der Waals surface area (Å²) in [6, 6.07) is 0. The molecule has 0 amide bonds. The van der Waals surface area contributed by atoms with E-state index in [2.05, 4.69) is 4.74 Å². The summed E-state index contributed by atoms with van der Waals surface area (Å²) in [6.45, 7) is 1.46. The first-order valence-corrected chi connectivity index (χ1v) is 3.05. The van der Waals surface area contributed by atoms with Gasteiger partial charge in [-0.2, -0.15) is 0 Å². The van der Waals surface area contributed by atoms with Crippen molar-refractivity contribution in [2.75, 3.05) is 6.51 Å². The Morgan fingerprint density at radius 3 is 2.90 bits per heavy atom. The number of hydrogen-bond acceptors (Lipinski definition) is 3. The fourth-order valence-electron chi connectivity index (χ4n) is 0.723. The summed E-state index contributed by atoms with van der Waals surface area (Å²) in [5.74, 6) is 1.21. The Morgan fingerprint density at radius 2 is 2.50 bits per heavy atom. The average Bonchev–Trinajstić information content (AvgIpc) is 1.88. The van der Waals surface area contributed by atoms with Crippen LogP contribution >= 0.6 is 0 Å². The van der Waals surface area contributed by atoms with Crippen molar-refractivity contribution >= 4 is 18.4 Å². The number of carbonyl (C=O) groups is 2. The zero-order valence-electron chi connectivity index (χ0n) is 5.66. The lowest BCUT2D eigenvalue weighted by Crippen LogP contribution is -2.32. The van der Waals surface area contributed by atoms with Crippen LogP contribution in [0.5, 0.6) is 0 Å². The van der Waals surface area contributed by atoms with Crippen molar-refractivity contribution in [3.8, 4) is 0 Å². The number of hydrogen-bond donors (Lipinski definition) is 0. The minimum atomic E-state index is -0.363. The second-order valence-electron chi connectivity index (χ2n) is 2.21. The molecular weight excluding hydrogens is 131 g/mol. The molecule has 0 aromatic rings. The molecule has 1 rings (SSSR count). The van der Waals surface area contributed by atoms with E-state index in [4.69, 9.17) is 0 Å². The van der Waals surface area contributed by atoms with Gasteiger partial charge in [-0.05, 0) is 6.92 Å². The summed E-state index contributed by atoms with van der Waals surface area (Å²) < 4.78 is 4.61. The Hall–Kier alpha value is -1.06. The molecule has 0 bridgehead atoms. The molecule has 0 spiro atoms. The summed E-state index contributed by atoms with van der Waals surface area (Å²) in [6.07, 6.45) is 1.29. The lowest BCUT2D eigenvalue weighted by molar-refractivity contribution is -0.136. The van der Waals surface area contributed by atoms with Crippen LogP contribution in [0.3, 0.4) is 0 Å². The van der Waals surface area contributed by atoms with Crippen LogP contribution < -0.4 is 0 Å². The Balaban J connectivity index is 2.61. The third-order valence-electron chi connectivity index (χ3n) is 1.39. The first-order valence-electron chi connectivity index (χ1n) is 3.05. The summed E-state index contributed by atoms with van der Waals surface area (Å²) in [5.41, 5.74) is 0.0313. The van der Waals surface area contributed by atoms with E-state index in [1.54, 1.807) is 5.98 Å². The maximum Gasteiger partial charge on any atom is 0.328 e. The number of esters is 1. The second kappa shape index (κ2) is 2.69. The van der Waals surface area contributed by atoms with Crippen LogP contribution in [-0.2, 0) is 14.3 Å². The third kappa shape index (κ3) is 1.46. The Morgan fingerprint density at radius 1 is 1.80 bits per heavy atom. The lowest BCUT2D eigenvalue weighted by atomic mass is 9.47. The van der Waals surface area contributed by atoms with Crippen molar-refractivity contribution < 1.29 is 14.3 Å². The molecule has 3 nitrogen and oxygen atoms in total. The van der Waals surface area contributed by atoms with Crippen molar-refractivity contribution in [1.29, 1.82) is 0 Å². The highest BCUT2D eigenvalue weighted by Crippen LogP contribution is 1.97. The second-order valence-corrected chi connectivity index (χ2v) is 2.21. The number of cyclic esters (lactones) is 1. The zero-order valence-corrected chi connectivity index (χ0v) is 5.66. The normalized spacial score (nSPS) is 16.9. The van der Waals surface area contributed by atoms with E-state index in [-0.39, 0.29) is 24.9 Å². The quantitative estimate of drug-likeness (QED) is 0.372. The van der Waals surface area contributed by atoms with Gasteiger partial charge in [0, 0.05) is 6.08 Å². The molecule has 0 saturated heterocycles. The fourth-order valence-corrected chi connectivity index (χ4v) is 0.723. The number of carbonyl (C=O) groups excluding carboxylic acids is 2. The summed E-state index contributed by atoms with van der Waals surface area (Å²) in [5, 5.41) is 0. The minimum Gasteiger partial charge on any atom is -0.470 e. The predicted molar refractivity (Wildman–Crippen MR) is 36.5 cm³/mol. The molecule has 0 saturated carbocycles. The Labute approximate surface area is 59.1 Å². The fraction of sp³-hybridized carbons (Fsp3) is 0.333. The van der Waals surface area contributed by atoms with Crippen LogP contribution in [0.4, 0.5) is 0 Å². The van der Waals surface area contributed by atoms with Gasteiger partial charge in [0.05, 0.1) is 12.2 Å². The monoisotopic (exact) mass is 138 g/mol. The van der Waals surface area contributed by atoms with Gasteiger partial charge >= 0.3 is 5.97 Å². The maximum atomic E-state index is 10.7. The topological polar surface area (TPSA) is 43.4 Å². The van der Waals surface area contributed by atoms with Gasteiger partial charge in [0.15, 0.2) is 0 Å². The van der Waals surface area contributed by atoms with Crippen LogP contribution in [0.15, 0.2) is 12.1 Å². The molecule has 0 aromatic heterocycles. The van der Waals surface area contributed by atoms with Gasteiger partial charge in [-0.3, -0.25) is 0 Å². The van der Waals surface area contributed by atoms with E-state index in [1.807, 2.05) is 0 Å². The molecule has 1 heterocycles. The maximum absolute atomic E-state index is 10.7. The van der Waals surface area contributed by atoms with Gasteiger partial charge in [-0.1, -0.05) is 5.98 Å². The van der Waals surface area contributed by atoms with Crippen LogP contribution in [0.1, 0.15) is 6.92 Å². The molecule has 1 aliphatic rings. The molecule has 4 heteroatoms. The molecule has 0 radical (unpaired) electrons. The van der Waals surface area contributed by atoms with Crippen LogP contribution in [0.25, 0.3) is 0 Å². The Bertz CT molecular complexity index is 197. The predicted octanol–water partition coefficient (Wildman–Crippen LogP) is -0.199. The van der Waals surface area contributed by atoms with Crippen LogP contribution in [-0.4, -0.2) is 24.9 Å². The molecule has 0 fully saturated rings. The molecule has 0 aromatic carbocycles. The first-order chi connectivity index (χ1) is 4.70. The first kappa shape index (κ1) is 7.06. The van der Waals surface area contributed by atoms with Gasteiger partial charge in [0.2, 0.25) is 0 Å².